The zero-order valence-electron chi connectivity index (χ0n) is 9.27. The predicted octanol–water partition coefficient (Wildman–Crippen LogP) is 2.12. The SMILES string of the molecule is CCCn1ncc(Br)c1C(O)C(C)OC. The van der Waals surface area contributed by atoms with Crippen LogP contribution in [0, 0.1) is 0 Å². The number of hydrogen-bond donors (Lipinski definition) is 1. The van der Waals surface area contributed by atoms with Crippen LogP contribution in [0.3, 0.4) is 0 Å². The lowest BCUT2D eigenvalue weighted by atomic mass is 10.1. The Morgan fingerprint density at radius 3 is 2.87 bits per heavy atom. The van der Waals surface area contributed by atoms with E-state index in [0.717, 1.165) is 23.1 Å². The van der Waals surface area contributed by atoms with Crippen molar-refractivity contribution in [2.24, 2.45) is 0 Å². The molecule has 1 heterocycles. The van der Waals surface area contributed by atoms with Gasteiger partial charge >= 0.3 is 0 Å². The van der Waals surface area contributed by atoms with Gasteiger partial charge in [-0.05, 0) is 29.3 Å². The van der Waals surface area contributed by atoms with Gasteiger partial charge in [-0.1, -0.05) is 6.92 Å². The lowest BCUT2D eigenvalue weighted by Gasteiger charge is -2.19. The van der Waals surface area contributed by atoms with Gasteiger partial charge in [0.2, 0.25) is 0 Å². The molecule has 2 atom stereocenters. The molecule has 0 bridgehead atoms. The number of aliphatic hydroxyl groups excluding tert-OH is 1. The average molecular weight is 277 g/mol. The molecule has 0 aliphatic carbocycles. The van der Waals surface area contributed by atoms with Crippen LogP contribution in [0.2, 0.25) is 0 Å². The first-order valence-electron chi connectivity index (χ1n) is 5.03. The van der Waals surface area contributed by atoms with Crippen molar-refractivity contribution < 1.29 is 9.84 Å². The van der Waals surface area contributed by atoms with Gasteiger partial charge in [0.15, 0.2) is 0 Å². The number of hydrogen-bond acceptors (Lipinski definition) is 3. The maximum atomic E-state index is 10.1. The predicted molar refractivity (Wildman–Crippen MR) is 61.6 cm³/mol. The summed E-state index contributed by atoms with van der Waals surface area (Å²) in [4.78, 5) is 0. The molecule has 0 aliphatic heterocycles. The Morgan fingerprint density at radius 1 is 1.67 bits per heavy atom. The van der Waals surface area contributed by atoms with Crippen LogP contribution in [0.15, 0.2) is 10.7 Å². The van der Waals surface area contributed by atoms with Crippen molar-refractivity contribution in [1.29, 1.82) is 0 Å². The molecular weight excluding hydrogens is 260 g/mol. The number of aromatic nitrogens is 2. The fourth-order valence-electron chi connectivity index (χ4n) is 1.41. The molecular formula is C10H17BrN2O2. The highest BCUT2D eigenvalue weighted by Gasteiger charge is 2.22. The largest absolute Gasteiger partial charge is 0.384 e. The van der Waals surface area contributed by atoms with E-state index in [2.05, 4.69) is 28.0 Å². The van der Waals surface area contributed by atoms with Gasteiger partial charge in [0.25, 0.3) is 0 Å². The van der Waals surface area contributed by atoms with E-state index < -0.39 is 6.10 Å². The minimum atomic E-state index is -0.654. The Morgan fingerprint density at radius 2 is 2.33 bits per heavy atom. The Hall–Kier alpha value is -0.390. The fourth-order valence-corrected chi connectivity index (χ4v) is 1.94. The van der Waals surface area contributed by atoms with Gasteiger partial charge < -0.3 is 9.84 Å². The number of methoxy groups -OCH3 is 1. The molecule has 2 unspecified atom stereocenters. The first-order valence-corrected chi connectivity index (χ1v) is 5.83. The summed E-state index contributed by atoms with van der Waals surface area (Å²) in [6, 6.07) is 0. The lowest BCUT2D eigenvalue weighted by molar-refractivity contribution is -0.00630. The molecule has 0 spiro atoms. The van der Waals surface area contributed by atoms with Crippen LogP contribution in [0.5, 0.6) is 0 Å². The van der Waals surface area contributed by atoms with Crippen LogP contribution in [0.1, 0.15) is 32.1 Å². The van der Waals surface area contributed by atoms with Crippen LogP contribution < -0.4 is 0 Å². The zero-order valence-corrected chi connectivity index (χ0v) is 10.9. The molecule has 0 aliphatic rings. The maximum Gasteiger partial charge on any atom is 0.123 e. The van der Waals surface area contributed by atoms with E-state index in [-0.39, 0.29) is 6.10 Å². The Balaban J connectivity index is 2.94. The summed E-state index contributed by atoms with van der Waals surface area (Å²) in [5.41, 5.74) is 0.784. The van der Waals surface area contributed by atoms with E-state index >= 15 is 0 Å². The molecule has 0 saturated carbocycles. The first kappa shape index (κ1) is 12.7. The van der Waals surface area contributed by atoms with Gasteiger partial charge in [-0.15, -0.1) is 0 Å². The number of aliphatic hydroxyl groups is 1. The lowest BCUT2D eigenvalue weighted by Crippen LogP contribution is -2.21. The molecule has 5 heteroatoms. The smallest absolute Gasteiger partial charge is 0.123 e. The van der Waals surface area contributed by atoms with E-state index in [4.69, 9.17) is 4.74 Å². The second-order valence-corrected chi connectivity index (χ2v) is 4.34. The third-order valence-corrected chi connectivity index (χ3v) is 2.98. The molecule has 86 valence electrons. The van der Waals surface area contributed by atoms with Crippen molar-refractivity contribution in [3.05, 3.63) is 16.4 Å². The zero-order chi connectivity index (χ0) is 11.4. The van der Waals surface area contributed by atoms with E-state index in [9.17, 15) is 5.11 Å². The molecule has 0 aromatic carbocycles. The minimum Gasteiger partial charge on any atom is -0.384 e. The molecule has 1 aromatic heterocycles. The van der Waals surface area contributed by atoms with E-state index in [1.165, 1.54) is 0 Å². The Bertz CT molecular complexity index is 314. The molecule has 1 rings (SSSR count). The topological polar surface area (TPSA) is 47.3 Å². The van der Waals surface area contributed by atoms with Gasteiger partial charge in [-0.2, -0.15) is 5.10 Å². The van der Waals surface area contributed by atoms with Crippen molar-refractivity contribution in [2.45, 2.75) is 39.0 Å². The summed E-state index contributed by atoms with van der Waals surface area (Å²) >= 11 is 3.39. The number of ether oxygens (including phenoxy) is 1. The van der Waals surface area contributed by atoms with Gasteiger partial charge in [-0.25, -0.2) is 0 Å². The van der Waals surface area contributed by atoms with Crippen LogP contribution in [0.25, 0.3) is 0 Å². The van der Waals surface area contributed by atoms with E-state index in [1.807, 2.05) is 11.6 Å². The first-order chi connectivity index (χ1) is 7.11. The third kappa shape index (κ3) is 2.80. The summed E-state index contributed by atoms with van der Waals surface area (Å²) in [6.07, 6.45) is 1.79. The second kappa shape index (κ2) is 5.63. The number of nitrogens with zero attached hydrogens (tertiary/aromatic N) is 2. The van der Waals surface area contributed by atoms with Crippen molar-refractivity contribution in [3.8, 4) is 0 Å². The molecule has 1 aromatic rings. The van der Waals surface area contributed by atoms with Gasteiger partial charge in [0.1, 0.15) is 6.10 Å². The van der Waals surface area contributed by atoms with E-state index in [1.54, 1.807) is 13.3 Å². The van der Waals surface area contributed by atoms with Crippen LogP contribution in [-0.2, 0) is 11.3 Å². The molecule has 15 heavy (non-hydrogen) atoms. The molecule has 4 nitrogen and oxygen atoms in total. The summed E-state index contributed by atoms with van der Waals surface area (Å²) in [5, 5.41) is 14.2. The second-order valence-electron chi connectivity index (χ2n) is 3.49. The van der Waals surface area contributed by atoms with E-state index in [0.29, 0.717) is 0 Å². The van der Waals surface area contributed by atoms with Crippen LogP contribution >= 0.6 is 15.9 Å². The summed E-state index contributed by atoms with van der Waals surface area (Å²) in [6.45, 7) is 4.71. The molecule has 0 radical (unpaired) electrons. The summed E-state index contributed by atoms with van der Waals surface area (Å²) in [7, 11) is 1.59. The maximum absolute atomic E-state index is 10.1. The van der Waals surface area contributed by atoms with Gasteiger partial charge in [0.05, 0.1) is 22.5 Å². The molecule has 1 N–H and O–H groups in total. The Kier molecular flexibility index (Phi) is 4.76. The minimum absolute atomic E-state index is 0.242. The summed E-state index contributed by atoms with van der Waals surface area (Å²) < 4.78 is 7.75. The molecule has 0 fully saturated rings. The highest BCUT2D eigenvalue weighted by molar-refractivity contribution is 9.10. The highest BCUT2D eigenvalue weighted by atomic mass is 79.9. The van der Waals surface area contributed by atoms with Crippen molar-refractivity contribution in [2.75, 3.05) is 7.11 Å². The monoisotopic (exact) mass is 276 g/mol. The number of aryl methyl sites for hydroxylation is 1. The number of rotatable bonds is 5. The van der Waals surface area contributed by atoms with Gasteiger partial charge in [-0.3, -0.25) is 4.68 Å². The van der Waals surface area contributed by atoms with Crippen molar-refractivity contribution in [3.63, 3.8) is 0 Å². The van der Waals surface area contributed by atoms with Crippen LogP contribution in [0.4, 0.5) is 0 Å². The average Bonchev–Trinajstić information content (AvgIpc) is 2.58. The quantitative estimate of drug-likeness (QED) is 0.896. The fraction of sp³-hybridized carbons (Fsp3) is 0.700. The third-order valence-electron chi connectivity index (χ3n) is 2.37. The standard InChI is InChI=1S/C10H17BrN2O2/c1-4-5-13-9(8(11)6-12-13)10(14)7(2)15-3/h6-7,10,14H,4-5H2,1-3H3. The summed E-state index contributed by atoms with van der Waals surface area (Å²) in [5.74, 6) is 0. The number of halogens is 1. The van der Waals surface area contributed by atoms with Crippen molar-refractivity contribution >= 4 is 15.9 Å². The highest BCUT2D eigenvalue weighted by Crippen LogP contribution is 2.26. The van der Waals surface area contributed by atoms with Crippen LogP contribution in [-0.4, -0.2) is 28.1 Å². The Labute approximate surface area is 98.4 Å². The normalized spacial score (nSPS) is 15.3. The van der Waals surface area contributed by atoms with Gasteiger partial charge in [0, 0.05) is 13.7 Å². The van der Waals surface area contributed by atoms with Crippen molar-refractivity contribution in [1.82, 2.24) is 9.78 Å². The molecule has 0 amide bonds. The molecule has 0 saturated heterocycles.